The lowest BCUT2D eigenvalue weighted by Crippen LogP contribution is -2.43. The van der Waals surface area contributed by atoms with Crippen molar-refractivity contribution in [3.63, 3.8) is 0 Å². The van der Waals surface area contributed by atoms with Crippen LogP contribution in [0.15, 0.2) is 24.3 Å². The molecule has 2 rings (SSSR count). The van der Waals surface area contributed by atoms with E-state index in [2.05, 4.69) is 10.2 Å². The number of rotatable bonds is 6. The van der Waals surface area contributed by atoms with Crippen LogP contribution >= 0.6 is 11.6 Å². The summed E-state index contributed by atoms with van der Waals surface area (Å²) in [5, 5.41) is 12.9. The summed E-state index contributed by atoms with van der Waals surface area (Å²) in [5.41, 5.74) is 0.929. The number of piperidine rings is 1. The molecular weight excluding hydrogens is 288 g/mol. The van der Waals surface area contributed by atoms with Crippen molar-refractivity contribution in [2.45, 2.75) is 38.3 Å². The van der Waals surface area contributed by atoms with Gasteiger partial charge in [0.2, 0.25) is 5.91 Å². The average Bonchev–Trinajstić information content (AvgIpc) is 2.52. The maximum atomic E-state index is 11.9. The summed E-state index contributed by atoms with van der Waals surface area (Å²) in [6.07, 6.45) is 3.80. The average molecular weight is 311 g/mol. The van der Waals surface area contributed by atoms with E-state index in [0.717, 1.165) is 24.9 Å². The van der Waals surface area contributed by atoms with E-state index in [1.807, 2.05) is 24.3 Å². The van der Waals surface area contributed by atoms with Crippen LogP contribution in [0.5, 0.6) is 0 Å². The first-order valence-electron chi connectivity index (χ1n) is 7.55. The quantitative estimate of drug-likeness (QED) is 0.847. The number of hydrogen-bond acceptors (Lipinski definition) is 3. The number of aliphatic hydroxyl groups is 1. The van der Waals surface area contributed by atoms with Crippen LogP contribution in [0.3, 0.4) is 0 Å². The number of benzene rings is 1. The molecule has 21 heavy (non-hydrogen) atoms. The molecule has 1 heterocycles. The van der Waals surface area contributed by atoms with E-state index in [9.17, 15) is 9.90 Å². The molecule has 1 unspecified atom stereocenters. The molecule has 1 fully saturated rings. The van der Waals surface area contributed by atoms with Crippen molar-refractivity contribution >= 4 is 17.5 Å². The number of carbonyl (C=O) groups is 1. The minimum absolute atomic E-state index is 0.0252. The Labute approximate surface area is 131 Å². The van der Waals surface area contributed by atoms with Crippen molar-refractivity contribution in [2.75, 3.05) is 19.7 Å². The monoisotopic (exact) mass is 310 g/mol. The van der Waals surface area contributed by atoms with E-state index in [-0.39, 0.29) is 18.6 Å². The number of hydrogen-bond donors (Lipinski definition) is 2. The van der Waals surface area contributed by atoms with Gasteiger partial charge in [0.1, 0.15) is 0 Å². The van der Waals surface area contributed by atoms with Gasteiger partial charge in [-0.15, -0.1) is 0 Å². The highest BCUT2D eigenvalue weighted by atomic mass is 35.5. The first-order chi connectivity index (χ1) is 10.2. The second-order valence-electron chi connectivity index (χ2n) is 5.49. The summed E-state index contributed by atoms with van der Waals surface area (Å²) in [5.74, 6) is 0.0252. The summed E-state index contributed by atoms with van der Waals surface area (Å²) in [6, 6.07) is 7.74. The maximum Gasteiger partial charge on any atom is 0.221 e. The van der Waals surface area contributed by atoms with E-state index < -0.39 is 0 Å². The van der Waals surface area contributed by atoms with Crippen LogP contribution in [-0.4, -0.2) is 41.7 Å². The van der Waals surface area contributed by atoms with Crippen molar-refractivity contribution in [2.24, 2.45) is 0 Å². The SMILES string of the molecule is O=C(CCN1CCCCC1CO)NCc1ccccc1Cl. The van der Waals surface area contributed by atoms with Gasteiger partial charge < -0.3 is 10.4 Å². The van der Waals surface area contributed by atoms with Crippen molar-refractivity contribution in [3.8, 4) is 0 Å². The molecule has 1 atom stereocenters. The third-order valence-electron chi connectivity index (χ3n) is 4.02. The van der Waals surface area contributed by atoms with E-state index >= 15 is 0 Å². The number of likely N-dealkylation sites (tertiary alicyclic amines) is 1. The zero-order valence-corrected chi connectivity index (χ0v) is 13.0. The minimum atomic E-state index is 0.0252. The summed E-state index contributed by atoms with van der Waals surface area (Å²) in [7, 11) is 0. The van der Waals surface area contributed by atoms with E-state index in [1.54, 1.807) is 0 Å². The second-order valence-corrected chi connectivity index (χ2v) is 5.89. The predicted molar refractivity (Wildman–Crippen MR) is 84.2 cm³/mol. The molecule has 1 aliphatic heterocycles. The summed E-state index contributed by atoms with van der Waals surface area (Å²) < 4.78 is 0. The van der Waals surface area contributed by atoms with Crippen molar-refractivity contribution in [3.05, 3.63) is 34.9 Å². The summed E-state index contributed by atoms with van der Waals surface area (Å²) in [6.45, 7) is 2.33. The molecular formula is C16H23ClN2O2. The molecule has 116 valence electrons. The zero-order valence-electron chi connectivity index (χ0n) is 12.2. The largest absolute Gasteiger partial charge is 0.395 e. The fourth-order valence-electron chi connectivity index (χ4n) is 2.73. The molecule has 5 heteroatoms. The van der Waals surface area contributed by atoms with Crippen molar-refractivity contribution in [1.29, 1.82) is 0 Å². The van der Waals surface area contributed by atoms with Gasteiger partial charge in [0, 0.05) is 30.6 Å². The Bertz CT molecular complexity index is 467. The Morgan fingerprint density at radius 1 is 1.38 bits per heavy atom. The molecule has 0 aromatic heterocycles. The highest BCUT2D eigenvalue weighted by molar-refractivity contribution is 6.31. The van der Waals surface area contributed by atoms with Crippen LogP contribution in [0, 0.1) is 0 Å². The molecule has 0 bridgehead atoms. The first-order valence-corrected chi connectivity index (χ1v) is 7.93. The summed E-state index contributed by atoms with van der Waals surface area (Å²) in [4.78, 5) is 14.1. The summed E-state index contributed by atoms with van der Waals surface area (Å²) >= 11 is 6.06. The highest BCUT2D eigenvalue weighted by Crippen LogP contribution is 2.17. The Hall–Kier alpha value is -1.10. The van der Waals surface area contributed by atoms with Gasteiger partial charge in [-0.1, -0.05) is 36.2 Å². The maximum absolute atomic E-state index is 11.9. The fraction of sp³-hybridized carbons (Fsp3) is 0.562. The molecule has 1 amide bonds. The number of nitrogens with zero attached hydrogens (tertiary/aromatic N) is 1. The number of aliphatic hydroxyl groups excluding tert-OH is 1. The van der Waals surface area contributed by atoms with Gasteiger partial charge in [0.15, 0.2) is 0 Å². The lowest BCUT2D eigenvalue weighted by Gasteiger charge is -2.34. The molecule has 0 saturated carbocycles. The number of amides is 1. The van der Waals surface area contributed by atoms with Crippen LogP contribution < -0.4 is 5.32 Å². The standard InChI is InChI=1S/C16H23ClN2O2/c17-15-7-2-1-5-13(15)11-18-16(21)8-10-19-9-4-3-6-14(19)12-20/h1-2,5,7,14,20H,3-4,6,8-12H2,(H,18,21). The van der Waals surface area contributed by atoms with Crippen molar-refractivity contribution in [1.82, 2.24) is 10.2 Å². The van der Waals surface area contributed by atoms with Crippen LogP contribution in [0.25, 0.3) is 0 Å². The minimum Gasteiger partial charge on any atom is -0.395 e. The molecule has 1 aromatic rings. The van der Waals surface area contributed by atoms with Crippen LogP contribution in [0.4, 0.5) is 0 Å². The Morgan fingerprint density at radius 3 is 2.95 bits per heavy atom. The third-order valence-corrected chi connectivity index (χ3v) is 4.39. The fourth-order valence-corrected chi connectivity index (χ4v) is 2.93. The molecule has 0 aliphatic carbocycles. The highest BCUT2D eigenvalue weighted by Gasteiger charge is 2.21. The lowest BCUT2D eigenvalue weighted by molar-refractivity contribution is -0.121. The normalized spacial score (nSPS) is 19.4. The Morgan fingerprint density at radius 2 is 2.19 bits per heavy atom. The molecule has 1 saturated heterocycles. The number of halogens is 1. The molecule has 1 aliphatic rings. The van der Waals surface area contributed by atoms with E-state index in [0.29, 0.717) is 24.5 Å². The second kappa shape index (κ2) is 8.37. The lowest BCUT2D eigenvalue weighted by atomic mass is 10.0. The van der Waals surface area contributed by atoms with Gasteiger partial charge in [-0.05, 0) is 31.0 Å². The Kier molecular flexibility index (Phi) is 6.49. The van der Waals surface area contributed by atoms with Gasteiger partial charge in [-0.3, -0.25) is 9.69 Å². The van der Waals surface area contributed by atoms with Gasteiger partial charge in [-0.2, -0.15) is 0 Å². The predicted octanol–water partition coefficient (Wildman–Crippen LogP) is 2.19. The van der Waals surface area contributed by atoms with Gasteiger partial charge in [0.25, 0.3) is 0 Å². The van der Waals surface area contributed by atoms with Gasteiger partial charge in [0.05, 0.1) is 6.61 Å². The molecule has 0 radical (unpaired) electrons. The smallest absolute Gasteiger partial charge is 0.221 e. The van der Waals surface area contributed by atoms with E-state index in [1.165, 1.54) is 6.42 Å². The Balaban J connectivity index is 1.73. The van der Waals surface area contributed by atoms with Crippen LogP contribution in [0.2, 0.25) is 5.02 Å². The third kappa shape index (κ3) is 4.99. The van der Waals surface area contributed by atoms with Gasteiger partial charge >= 0.3 is 0 Å². The topological polar surface area (TPSA) is 52.6 Å². The molecule has 0 spiro atoms. The van der Waals surface area contributed by atoms with Crippen LogP contribution in [-0.2, 0) is 11.3 Å². The van der Waals surface area contributed by atoms with Gasteiger partial charge in [-0.25, -0.2) is 0 Å². The number of nitrogens with one attached hydrogen (secondary N) is 1. The number of carbonyl (C=O) groups excluding carboxylic acids is 1. The molecule has 2 N–H and O–H groups in total. The van der Waals surface area contributed by atoms with Crippen molar-refractivity contribution < 1.29 is 9.90 Å². The zero-order chi connectivity index (χ0) is 15.1. The van der Waals surface area contributed by atoms with Crippen LogP contribution in [0.1, 0.15) is 31.2 Å². The van der Waals surface area contributed by atoms with E-state index in [4.69, 9.17) is 11.6 Å². The molecule has 4 nitrogen and oxygen atoms in total. The first kappa shape index (κ1) is 16.3. The molecule has 1 aromatic carbocycles.